The minimum atomic E-state index is -1.07. The summed E-state index contributed by atoms with van der Waals surface area (Å²) in [5.74, 6) is -2.21. The van der Waals surface area contributed by atoms with E-state index in [1.165, 1.54) is 35.8 Å². The highest BCUT2D eigenvalue weighted by Gasteiger charge is 2.51. The van der Waals surface area contributed by atoms with E-state index in [1.54, 1.807) is 4.68 Å². The summed E-state index contributed by atoms with van der Waals surface area (Å²) in [5.41, 5.74) is 7.90. The molecule has 1 spiro atoms. The number of urea groups is 1. The van der Waals surface area contributed by atoms with Gasteiger partial charge in [0.15, 0.2) is 23.0 Å². The van der Waals surface area contributed by atoms with Crippen LogP contribution in [-0.2, 0) is 22.2 Å². The number of carbonyl (C=O) groups excluding carboxylic acids is 4. The molecule has 2 atom stereocenters. The Morgan fingerprint density at radius 2 is 1.72 bits per heavy atom. The molecule has 4 N–H and O–H groups in total. The lowest BCUT2D eigenvalue weighted by Crippen LogP contribution is -2.60. The van der Waals surface area contributed by atoms with Crippen LogP contribution >= 0.6 is 11.6 Å². The van der Waals surface area contributed by atoms with Crippen LogP contribution < -0.4 is 30.7 Å². The highest BCUT2D eigenvalue weighted by Crippen LogP contribution is 2.57. The number of nitrogens with zero attached hydrogens (tertiary/aromatic N) is 4. The minimum absolute atomic E-state index is 0.00301. The average Bonchev–Trinajstić information content (AvgIpc) is 3.80. The predicted octanol–water partition coefficient (Wildman–Crippen LogP) is 8.45. The Bertz CT molecular complexity index is 2820. The molecule has 4 heterocycles. The largest absolute Gasteiger partial charge is 0.494 e. The van der Waals surface area contributed by atoms with Crippen molar-refractivity contribution in [3.8, 4) is 22.6 Å². The van der Waals surface area contributed by atoms with E-state index in [9.17, 15) is 19.2 Å². The van der Waals surface area contributed by atoms with Crippen LogP contribution in [0.15, 0.2) is 66.7 Å². The molecule has 1 aromatic heterocycles. The third-order valence-electron chi connectivity index (χ3n) is 15.5. The third-order valence-corrected chi connectivity index (χ3v) is 15.9. The number of methoxy groups -OCH3 is 1. The van der Waals surface area contributed by atoms with E-state index in [-0.39, 0.29) is 68.8 Å². The lowest BCUT2D eigenvalue weighted by atomic mass is 9.64. The molecule has 4 aromatic carbocycles. The van der Waals surface area contributed by atoms with E-state index < -0.39 is 35.1 Å². The fourth-order valence-electron chi connectivity index (χ4n) is 11.8. The monoisotopic (exact) mass is 933 g/mol. The van der Waals surface area contributed by atoms with Gasteiger partial charge in [0.2, 0.25) is 17.7 Å². The molecule has 5 amide bonds. The predicted molar refractivity (Wildman–Crippen MR) is 249 cm³/mol. The van der Waals surface area contributed by atoms with Gasteiger partial charge in [-0.3, -0.25) is 29.3 Å². The van der Waals surface area contributed by atoms with Crippen LogP contribution in [0.25, 0.3) is 22.0 Å². The summed E-state index contributed by atoms with van der Waals surface area (Å²) in [6.07, 6.45) is 7.53. The molecule has 0 bridgehead atoms. The smallest absolute Gasteiger partial charge is 0.329 e. The van der Waals surface area contributed by atoms with Crippen LogP contribution in [0, 0.1) is 23.0 Å². The number of halogens is 3. The maximum Gasteiger partial charge on any atom is 0.329 e. The molecule has 13 nitrogen and oxygen atoms in total. The molecule has 350 valence electrons. The second kappa shape index (κ2) is 17.2. The van der Waals surface area contributed by atoms with Gasteiger partial charge in [0.05, 0.1) is 23.2 Å². The number of hydrogen-bond donors (Lipinski definition) is 3. The number of primary amides is 1. The summed E-state index contributed by atoms with van der Waals surface area (Å²) in [6.45, 7) is 4.15. The maximum absolute atomic E-state index is 16.2. The lowest BCUT2D eigenvalue weighted by molar-refractivity contribution is -0.151. The minimum Gasteiger partial charge on any atom is -0.494 e. The maximum atomic E-state index is 16.2. The van der Waals surface area contributed by atoms with E-state index in [0.29, 0.717) is 30.4 Å². The standard InChI is InChI=1S/C51H54ClF2N7O6/c1-28-41-39(24-36(53)44(52)43(41)42-35(46(55)63)15-16-38(66-3)45(42)54)67-51(28,32-7-5-4-6-8-32)25-56-33-12-9-30(10-13-33)48(64)60-26-50(27-60)20-17-29(18-21-50)31-11-14-34-37(23-31)59(2)58-47(34)61-22-19-40(62)57-49(61)65/h4-8,11,14-16,23-24,28-30,33,56H,9-10,12-13,17-22,25-27H2,1-3H3,(H2,55,63)(H,57,62,65)/t28-,30?,33?,51-/m0/s1. The van der Waals surface area contributed by atoms with E-state index in [1.807, 2.05) is 50.4 Å². The van der Waals surface area contributed by atoms with Gasteiger partial charge >= 0.3 is 6.03 Å². The van der Waals surface area contributed by atoms with Gasteiger partial charge in [-0.2, -0.15) is 5.10 Å². The second-order valence-corrected chi connectivity index (χ2v) is 19.7. The van der Waals surface area contributed by atoms with Gasteiger partial charge in [0.1, 0.15) is 11.6 Å². The molecule has 3 aliphatic heterocycles. The van der Waals surface area contributed by atoms with Crippen molar-refractivity contribution in [3.63, 3.8) is 0 Å². The number of imide groups is 1. The summed E-state index contributed by atoms with van der Waals surface area (Å²) in [7, 11) is 3.18. The summed E-state index contributed by atoms with van der Waals surface area (Å²) in [5, 5.41) is 11.3. The number of rotatable bonds is 10. The Hall–Kier alpha value is -6.06. The highest BCUT2D eigenvalue weighted by atomic mass is 35.5. The quantitative estimate of drug-likeness (QED) is 0.126. The summed E-state index contributed by atoms with van der Waals surface area (Å²) >= 11 is 6.70. The first-order valence-electron chi connectivity index (χ1n) is 23.2. The van der Waals surface area contributed by atoms with Crippen molar-refractivity contribution < 1.29 is 37.4 Å². The van der Waals surface area contributed by atoms with Crippen molar-refractivity contribution in [2.45, 2.75) is 88.2 Å². The number of nitrogens with one attached hydrogen (secondary N) is 2. The summed E-state index contributed by atoms with van der Waals surface area (Å²) < 4.78 is 45.9. The Kier molecular flexibility index (Phi) is 11.5. The first kappa shape index (κ1) is 44.8. The number of amides is 5. The number of fused-ring (bicyclic) bond motifs is 2. The van der Waals surface area contributed by atoms with Crippen molar-refractivity contribution in [2.75, 3.05) is 38.2 Å². The fraction of sp³-hybridized carbons (Fsp3) is 0.431. The van der Waals surface area contributed by atoms with Crippen LogP contribution in [-0.4, -0.2) is 77.8 Å². The van der Waals surface area contributed by atoms with Crippen molar-refractivity contribution >= 4 is 52.1 Å². The zero-order valence-corrected chi connectivity index (χ0v) is 38.6. The number of hydrogen-bond acceptors (Lipinski definition) is 8. The zero-order chi connectivity index (χ0) is 46.9. The molecule has 10 rings (SSSR count). The van der Waals surface area contributed by atoms with Crippen molar-refractivity contribution in [3.05, 3.63) is 106 Å². The highest BCUT2D eigenvalue weighted by molar-refractivity contribution is 6.34. The summed E-state index contributed by atoms with van der Waals surface area (Å²) in [6, 6.07) is 19.5. The van der Waals surface area contributed by atoms with Gasteiger partial charge in [-0.05, 0) is 92.7 Å². The second-order valence-electron chi connectivity index (χ2n) is 19.3. The van der Waals surface area contributed by atoms with E-state index in [2.05, 4.69) is 32.8 Å². The molecule has 16 heteroatoms. The van der Waals surface area contributed by atoms with Crippen molar-refractivity contribution in [1.82, 2.24) is 25.3 Å². The Balaban J connectivity index is 0.773. The van der Waals surface area contributed by atoms with Gasteiger partial charge in [-0.15, -0.1) is 0 Å². The molecule has 2 saturated carbocycles. The lowest BCUT2D eigenvalue weighted by Gasteiger charge is -2.54. The molecule has 5 aliphatic rings. The van der Waals surface area contributed by atoms with E-state index in [0.717, 1.165) is 80.9 Å². The molecular formula is C51H54ClF2N7O6. The molecule has 67 heavy (non-hydrogen) atoms. The number of likely N-dealkylation sites (tertiary alicyclic amines) is 1. The van der Waals surface area contributed by atoms with Gasteiger partial charge in [-0.1, -0.05) is 54.9 Å². The molecular weight excluding hydrogens is 880 g/mol. The number of ether oxygens (including phenoxy) is 2. The number of nitrogens with two attached hydrogens (primary N) is 1. The Morgan fingerprint density at radius 1 is 0.985 bits per heavy atom. The molecule has 0 unspecified atom stereocenters. The topological polar surface area (TPSA) is 161 Å². The van der Waals surface area contributed by atoms with Crippen molar-refractivity contribution in [1.29, 1.82) is 0 Å². The van der Waals surface area contributed by atoms with E-state index in [4.69, 9.17) is 26.8 Å². The number of anilines is 1. The third kappa shape index (κ3) is 7.67. The number of aryl methyl sites for hydroxylation is 1. The van der Waals surface area contributed by atoms with Crippen LogP contribution in [0.3, 0.4) is 0 Å². The van der Waals surface area contributed by atoms with Crippen LogP contribution in [0.4, 0.5) is 19.4 Å². The number of carbonyl (C=O) groups is 4. The normalized spacial score (nSPS) is 23.8. The molecule has 4 fully saturated rings. The van der Waals surface area contributed by atoms with Crippen LogP contribution in [0.1, 0.15) is 104 Å². The molecule has 0 radical (unpaired) electrons. The Morgan fingerprint density at radius 3 is 2.40 bits per heavy atom. The Labute approximate surface area is 392 Å². The number of benzene rings is 4. The molecule has 5 aromatic rings. The van der Waals surface area contributed by atoms with Gasteiger partial charge < -0.3 is 25.4 Å². The van der Waals surface area contributed by atoms with E-state index >= 15 is 8.78 Å². The van der Waals surface area contributed by atoms with Gasteiger partial charge in [-0.25, -0.2) is 13.6 Å². The molecule has 2 aliphatic carbocycles. The first-order valence-corrected chi connectivity index (χ1v) is 23.6. The molecule has 2 saturated heterocycles. The van der Waals surface area contributed by atoms with Crippen molar-refractivity contribution in [2.24, 2.45) is 24.1 Å². The first-order chi connectivity index (χ1) is 32.2. The summed E-state index contributed by atoms with van der Waals surface area (Å²) in [4.78, 5) is 54.5. The van der Waals surface area contributed by atoms with Crippen LogP contribution in [0.5, 0.6) is 11.5 Å². The van der Waals surface area contributed by atoms with Gasteiger partial charge in [0.25, 0.3) is 0 Å². The zero-order valence-electron chi connectivity index (χ0n) is 37.8. The van der Waals surface area contributed by atoms with Crippen LogP contribution in [0.2, 0.25) is 5.02 Å². The SMILES string of the molecule is COc1ccc(C(N)=O)c(-c2c(Cl)c(F)cc3c2[C@H](C)[C@@](CNC2CCC(C(=O)N4CC5(CCC(c6ccc7c(N8CCC(=O)NC8=O)nn(C)c7c6)CC5)C4)CC2)(c2ccccc2)O3)c1F. The average molecular weight is 934 g/mol. The van der Waals surface area contributed by atoms with Gasteiger partial charge in [0, 0.05) is 91.1 Å². The number of aromatic nitrogens is 2. The fourth-order valence-corrected chi connectivity index (χ4v) is 12.0.